The van der Waals surface area contributed by atoms with Crippen LogP contribution in [0.15, 0.2) is 24.3 Å². The molecule has 96 valence electrons. The summed E-state index contributed by atoms with van der Waals surface area (Å²) in [5.74, 6) is 0.841. The second kappa shape index (κ2) is 8.06. The minimum atomic E-state index is -0.133. The lowest BCUT2D eigenvalue weighted by molar-refractivity contribution is 0.0145. The molecule has 0 unspecified atom stereocenters. The van der Waals surface area contributed by atoms with E-state index < -0.39 is 0 Å². The molecule has 0 aliphatic rings. The van der Waals surface area contributed by atoms with E-state index in [4.69, 9.17) is 19.3 Å². The van der Waals surface area contributed by atoms with Crippen molar-refractivity contribution >= 4 is 0 Å². The Bertz CT molecular complexity index is 293. The lowest BCUT2D eigenvalue weighted by Crippen LogP contribution is -2.17. The average Bonchev–Trinajstić information content (AvgIpc) is 2.40. The van der Waals surface area contributed by atoms with Gasteiger partial charge in [-0.3, -0.25) is 0 Å². The van der Waals surface area contributed by atoms with Crippen molar-refractivity contribution in [3.63, 3.8) is 0 Å². The molecular formula is C13H20O4. The molecule has 0 amide bonds. The largest absolute Gasteiger partial charge is 0.497 e. The molecule has 0 saturated carbocycles. The van der Waals surface area contributed by atoms with Gasteiger partial charge < -0.3 is 19.3 Å². The van der Waals surface area contributed by atoms with E-state index in [1.54, 1.807) is 14.2 Å². The van der Waals surface area contributed by atoms with Crippen molar-refractivity contribution in [2.45, 2.75) is 19.1 Å². The summed E-state index contributed by atoms with van der Waals surface area (Å²) in [5, 5.41) is 8.91. The number of aliphatic hydroxyl groups is 1. The van der Waals surface area contributed by atoms with Gasteiger partial charge in [0.05, 0.1) is 26.4 Å². The number of hydrogen-bond acceptors (Lipinski definition) is 4. The van der Waals surface area contributed by atoms with Crippen molar-refractivity contribution in [1.82, 2.24) is 0 Å². The molecule has 1 rings (SSSR count). The summed E-state index contributed by atoms with van der Waals surface area (Å²) in [7, 11) is 3.23. The molecule has 0 spiro atoms. The summed E-state index contributed by atoms with van der Waals surface area (Å²) in [6.45, 7) is 1.17. The first-order valence-corrected chi connectivity index (χ1v) is 5.64. The Labute approximate surface area is 102 Å². The van der Waals surface area contributed by atoms with Crippen LogP contribution >= 0.6 is 0 Å². The van der Waals surface area contributed by atoms with Crippen LogP contribution in [-0.2, 0) is 16.1 Å². The molecule has 0 fully saturated rings. The van der Waals surface area contributed by atoms with Gasteiger partial charge in [-0.2, -0.15) is 0 Å². The number of aliphatic hydroxyl groups excluding tert-OH is 1. The Morgan fingerprint density at radius 1 is 1.18 bits per heavy atom. The van der Waals surface area contributed by atoms with Gasteiger partial charge in [0.1, 0.15) is 5.75 Å². The minimum Gasteiger partial charge on any atom is -0.497 e. The number of ether oxygens (including phenoxy) is 3. The molecule has 0 radical (unpaired) electrons. The maximum Gasteiger partial charge on any atom is 0.118 e. The van der Waals surface area contributed by atoms with E-state index in [1.165, 1.54) is 0 Å². The zero-order chi connectivity index (χ0) is 12.5. The Kier molecular flexibility index (Phi) is 6.62. The second-order valence-electron chi connectivity index (χ2n) is 3.73. The fourth-order valence-electron chi connectivity index (χ4n) is 1.41. The lowest BCUT2D eigenvalue weighted by Gasteiger charge is -2.12. The van der Waals surface area contributed by atoms with Crippen LogP contribution < -0.4 is 4.74 Å². The van der Waals surface area contributed by atoms with E-state index >= 15 is 0 Å². The molecule has 1 atom stereocenters. The highest BCUT2D eigenvalue weighted by atomic mass is 16.5. The van der Waals surface area contributed by atoms with Crippen LogP contribution in [0.3, 0.4) is 0 Å². The van der Waals surface area contributed by atoms with Gasteiger partial charge in [0.15, 0.2) is 0 Å². The molecule has 0 heterocycles. The quantitative estimate of drug-likeness (QED) is 0.701. The third kappa shape index (κ3) is 5.17. The topological polar surface area (TPSA) is 47.9 Å². The third-order valence-electron chi connectivity index (χ3n) is 2.55. The highest BCUT2D eigenvalue weighted by molar-refractivity contribution is 5.26. The fourth-order valence-corrected chi connectivity index (χ4v) is 1.41. The van der Waals surface area contributed by atoms with Crippen molar-refractivity contribution in [3.05, 3.63) is 29.8 Å². The molecule has 1 aromatic carbocycles. The zero-order valence-corrected chi connectivity index (χ0v) is 10.4. The van der Waals surface area contributed by atoms with Crippen LogP contribution in [0.2, 0.25) is 0 Å². The Hall–Kier alpha value is -1.10. The van der Waals surface area contributed by atoms with E-state index in [0.717, 1.165) is 11.3 Å². The molecule has 4 nitrogen and oxygen atoms in total. The number of benzene rings is 1. The first kappa shape index (κ1) is 14.0. The van der Waals surface area contributed by atoms with Crippen molar-refractivity contribution in [1.29, 1.82) is 0 Å². The van der Waals surface area contributed by atoms with Gasteiger partial charge in [-0.15, -0.1) is 0 Å². The first-order chi connectivity index (χ1) is 8.30. The molecule has 0 aromatic heterocycles. The number of methoxy groups -OCH3 is 2. The average molecular weight is 240 g/mol. The molecule has 0 aliphatic carbocycles. The Morgan fingerprint density at radius 2 is 1.88 bits per heavy atom. The standard InChI is InChI=1S/C13H20O4/c1-15-12-5-3-11(4-6-12)10-17-8-7-13(9-14)16-2/h3-6,13-14H,7-10H2,1-2H3/t13-/m1/s1. The highest BCUT2D eigenvalue weighted by Gasteiger charge is 2.04. The van der Waals surface area contributed by atoms with Gasteiger partial charge in [-0.1, -0.05) is 12.1 Å². The van der Waals surface area contributed by atoms with Gasteiger partial charge in [-0.05, 0) is 24.1 Å². The van der Waals surface area contributed by atoms with Crippen molar-refractivity contribution in [2.75, 3.05) is 27.4 Å². The maximum atomic E-state index is 8.91. The molecule has 4 heteroatoms. The van der Waals surface area contributed by atoms with Crippen LogP contribution in [0.5, 0.6) is 5.75 Å². The second-order valence-corrected chi connectivity index (χ2v) is 3.73. The Balaban J connectivity index is 2.21. The van der Waals surface area contributed by atoms with E-state index in [1.807, 2.05) is 24.3 Å². The number of hydrogen-bond donors (Lipinski definition) is 1. The van der Waals surface area contributed by atoms with Gasteiger partial charge >= 0.3 is 0 Å². The molecule has 17 heavy (non-hydrogen) atoms. The summed E-state index contributed by atoms with van der Waals surface area (Å²) in [5.41, 5.74) is 1.10. The molecule has 0 bridgehead atoms. The Morgan fingerprint density at radius 3 is 2.41 bits per heavy atom. The van der Waals surface area contributed by atoms with Crippen LogP contribution in [0.4, 0.5) is 0 Å². The molecule has 1 N–H and O–H groups in total. The first-order valence-electron chi connectivity index (χ1n) is 5.64. The third-order valence-corrected chi connectivity index (χ3v) is 2.55. The maximum absolute atomic E-state index is 8.91. The monoisotopic (exact) mass is 240 g/mol. The predicted octanol–water partition coefficient (Wildman–Crippen LogP) is 1.61. The van der Waals surface area contributed by atoms with Crippen LogP contribution in [0, 0.1) is 0 Å². The normalized spacial score (nSPS) is 12.4. The number of rotatable bonds is 8. The van der Waals surface area contributed by atoms with Crippen molar-refractivity contribution in [2.24, 2.45) is 0 Å². The zero-order valence-electron chi connectivity index (χ0n) is 10.4. The van der Waals surface area contributed by atoms with Crippen LogP contribution in [0.25, 0.3) is 0 Å². The van der Waals surface area contributed by atoms with Crippen LogP contribution in [0.1, 0.15) is 12.0 Å². The van der Waals surface area contributed by atoms with E-state index in [0.29, 0.717) is 19.6 Å². The van der Waals surface area contributed by atoms with Gasteiger partial charge in [0.25, 0.3) is 0 Å². The highest BCUT2D eigenvalue weighted by Crippen LogP contribution is 2.12. The summed E-state index contributed by atoms with van der Waals surface area (Å²) >= 11 is 0. The SMILES string of the molecule is COc1ccc(COCC[C@H](CO)OC)cc1. The van der Waals surface area contributed by atoms with Crippen molar-refractivity contribution < 1.29 is 19.3 Å². The summed E-state index contributed by atoms with van der Waals surface area (Å²) in [4.78, 5) is 0. The van der Waals surface area contributed by atoms with Gasteiger partial charge in [-0.25, -0.2) is 0 Å². The van der Waals surface area contributed by atoms with Crippen LogP contribution in [-0.4, -0.2) is 38.6 Å². The molecule has 0 aliphatic heterocycles. The summed E-state index contributed by atoms with van der Waals surface area (Å²) in [6, 6.07) is 7.76. The predicted molar refractivity (Wildman–Crippen MR) is 65.1 cm³/mol. The summed E-state index contributed by atoms with van der Waals surface area (Å²) < 4.78 is 15.6. The van der Waals surface area contributed by atoms with Gasteiger partial charge in [0, 0.05) is 13.7 Å². The smallest absolute Gasteiger partial charge is 0.118 e. The molecule has 1 aromatic rings. The van der Waals surface area contributed by atoms with Crippen molar-refractivity contribution in [3.8, 4) is 5.75 Å². The molecule has 0 saturated heterocycles. The van der Waals surface area contributed by atoms with E-state index in [-0.39, 0.29) is 12.7 Å². The minimum absolute atomic E-state index is 0.0302. The lowest BCUT2D eigenvalue weighted by atomic mass is 10.2. The van der Waals surface area contributed by atoms with Gasteiger partial charge in [0.2, 0.25) is 0 Å². The fraction of sp³-hybridized carbons (Fsp3) is 0.538. The van der Waals surface area contributed by atoms with E-state index in [2.05, 4.69) is 0 Å². The summed E-state index contributed by atoms with van der Waals surface area (Å²) in [6.07, 6.45) is 0.564. The van der Waals surface area contributed by atoms with E-state index in [9.17, 15) is 0 Å². The molecular weight excluding hydrogens is 220 g/mol.